The molecule has 2 nitrogen and oxygen atoms in total. The van der Waals surface area contributed by atoms with Crippen molar-refractivity contribution in [2.24, 2.45) is 0 Å². The Bertz CT molecular complexity index is 678. The van der Waals surface area contributed by atoms with E-state index in [1.54, 1.807) is 12.1 Å². The minimum absolute atomic E-state index is 0.0603. The van der Waals surface area contributed by atoms with Crippen molar-refractivity contribution >= 4 is 11.6 Å². The second kappa shape index (κ2) is 4.41. The highest BCUT2D eigenvalue weighted by atomic mass is 16.2. The van der Waals surface area contributed by atoms with Crippen LogP contribution in [0.15, 0.2) is 48.5 Å². The van der Waals surface area contributed by atoms with Crippen molar-refractivity contribution in [3.05, 3.63) is 70.8 Å². The van der Waals surface area contributed by atoms with Crippen LogP contribution >= 0.6 is 0 Å². The fourth-order valence-electron chi connectivity index (χ4n) is 3.25. The molecule has 0 fully saturated rings. The van der Waals surface area contributed by atoms with Gasteiger partial charge >= 0.3 is 0 Å². The lowest BCUT2D eigenvalue weighted by Gasteiger charge is -2.26. The van der Waals surface area contributed by atoms with E-state index in [2.05, 4.69) is 0 Å². The van der Waals surface area contributed by atoms with Gasteiger partial charge in [0.05, 0.1) is 0 Å². The molecule has 0 saturated heterocycles. The summed E-state index contributed by atoms with van der Waals surface area (Å²) in [6.07, 6.45) is 0.490. The zero-order valence-electron chi connectivity index (χ0n) is 11.6. The summed E-state index contributed by atoms with van der Waals surface area (Å²) in [7, 11) is 0. The number of Topliss-reactive ketones (excluding diaryl/α,β-unsaturated/α-hetero) is 2. The first-order chi connectivity index (χ1) is 9.63. The smallest absolute Gasteiger partial charge is 0.181 e. The van der Waals surface area contributed by atoms with Crippen LogP contribution in [-0.2, 0) is 5.41 Å². The Hall–Kier alpha value is -2.22. The van der Waals surface area contributed by atoms with Crippen molar-refractivity contribution in [3.63, 3.8) is 0 Å². The molecule has 0 spiro atoms. The molecule has 0 N–H and O–H groups in total. The molecule has 0 aliphatic heterocycles. The molecule has 1 aliphatic rings. The van der Waals surface area contributed by atoms with Crippen LogP contribution in [-0.4, -0.2) is 11.6 Å². The maximum atomic E-state index is 12.9. The van der Waals surface area contributed by atoms with Crippen LogP contribution in [0.5, 0.6) is 0 Å². The van der Waals surface area contributed by atoms with Gasteiger partial charge in [-0.05, 0) is 24.5 Å². The third-order valence-electron chi connectivity index (χ3n) is 4.33. The number of fused-ring (bicyclic) bond motifs is 1. The molecule has 0 saturated carbocycles. The minimum atomic E-state index is -1.03. The first-order valence-corrected chi connectivity index (χ1v) is 6.87. The van der Waals surface area contributed by atoms with Gasteiger partial charge in [-0.2, -0.15) is 0 Å². The number of hydrogen-bond donors (Lipinski definition) is 0. The average Bonchev–Trinajstić information content (AvgIpc) is 2.70. The highest BCUT2D eigenvalue weighted by Crippen LogP contribution is 2.43. The lowest BCUT2D eigenvalue weighted by molar-refractivity contribution is 0.0788. The van der Waals surface area contributed by atoms with Gasteiger partial charge in [0, 0.05) is 11.1 Å². The molecule has 0 unspecified atom stereocenters. The zero-order valence-corrected chi connectivity index (χ0v) is 11.6. The molecule has 1 aliphatic carbocycles. The Labute approximate surface area is 118 Å². The van der Waals surface area contributed by atoms with E-state index in [9.17, 15) is 9.59 Å². The van der Waals surface area contributed by atoms with Crippen molar-refractivity contribution in [3.8, 4) is 0 Å². The van der Waals surface area contributed by atoms with E-state index in [0.717, 1.165) is 11.1 Å². The molecule has 0 radical (unpaired) electrons. The van der Waals surface area contributed by atoms with Crippen LogP contribution in [0.2, 0.25) is 0 Å². The highest BCUT2D eigenvalue weighted by molar-refractivity contribution is 6.33. The summed E-state index contributed by atoms with van der Waals surface area (Å²) < 4.78 is 0. The fraction of sp³-hybridized carbons (Fsp3) is 0.222. The first kappa shape index (κ1) is 12.8. The molecule has 100 valence electrons. The number of hydrogen-bond acceptors (Lipinski definition) is 2. The van der Waals surface area contributed by atoms with Gasteiger partial charge in [0.25, 0.3) is 0 Å². The summed E-state index contributed by atoms with van der Waals surface area (Å²) in [4.78, 5) is 25.8. The molecule has 0 amide bonds. The number of carbonyl (C=O) groups excluding carboxylic acids is 2. The molecule has 2 aromatic carbocycles. The normalized spacial score (nSPS) is 16.3. The van der Waals surface area contributed by atoms with Gasteiger partial charge < -0.3 is 0 Å². The van der Waals surface area contributed by atoms with E-state index in [4.69, 9.17) is 0 Å². The van der Waals surface area contributed by atoms with Crippen LogP contribution in [0, 0.1) is 6.92 Å². The van der Waals surface area contributed by atoms with Crippen LogP contribution in [0.3, 0.4) is 0 Å². The van der Waals surface area contributed by atoms with Gasteiger partial charge in [-0.15, -0.1) is 0 Å². The Balaban J connectivity index is 2.30. The summed E-state index contributed by atoms with van der Waals surface area (Å²) in [5.41, 5.74) is 1.91. The summed E-state index contributed by atoms with van der Waals surface area (Å²) in [5, 5.41) is 0. The third kappa shape index (κ3) is 1.45. The summed E-state index contributed by atoms with van der Waals surface area (Å²) >= 11 is 0. The molecular weight excluding hydrogens is 248 g/mol. The number of aryl methyl sites for hydroxylation is 1. The van der Waals surface area contributed by atoms with Crippen LogP contribution in [0.4, 0.5) is 0 Å². The molecule has 3 rings (SSSR count). The van der Waals surface area contributed by atoms with Crippen molar-refractivity contribution in [2.75, 3.05) is 0 Å². The predicted octanol–water partition coefficient (Wildman–Crippen LogP) is 3.72. The van der Waals surface area contributed by atoms with E-state index < -0.39 is 5.41 Å². The molecule has 0 bridgehead atoms. The standard InChI is InChI=1S/C18H16O2/c1-3-18(15-11-7-4-8-12(15)2)16(19)13-9-5-6-10-14(13)17(18)20/h4-11H,3H2,1-2H3. The number of carbonyl (C=O) groups is 2. The van der Waals surface area contributed by atoms with Gasteiger partial charge in [0.2, 0.25) is 0 Å². The first-order valence-electron chi connectivity index (χ1n) is 6.87. The van der Waals surface area contributed by atoms with E-state index in [1.165, 1.54) is 0 Å². The maximum Gasteiger partial charge on any atom is 0.181 e. The van der Waals surface area contributed by atoms with Gasteiger partial charge in [-0.3, -0.25) is 9.59 Å². The van der Waals surface area contributed by atoms with Crippen LogP contribution < -0.4 is 0 Å². The Morgan fingerprint density at radius 3 is 1.85 bits per heavy atom. The largest absolute Gasteiger partial charge is 0.293 e. The predicted molar refractivity (Wildman–Crippen MR) is 78.3 cm³/mol. The molecule has 2 heteroatoms. The third-order valence-corrected chi connectivity index (χ3v) is 4.33. The number of ketones is 2. The SMILES string of the molecule is CCC1(c2ccccc2C)C(=O)c2ccccc2C1=O. The molecule has 0 aromatic heterocycles. The molecular formula is C18H16O2. The minimum Gasteiger partial charge on any atom is -0.293 e. The monoisotopic (exact) mass is 264 g/mol. The lowest BCUT2D eigenvalue weighted by Crippen LogP contribution is -2.38. The molecule has 20 heavy (non-hydrogen) atoms. The van der Waals surface area contributed by atoms with Gasteiger partial charge in [-0.1, -0.05) is 55.5 Å². The van der Waals surface area contributed by atoms with Gasteiger partial charge in [-0.25, -0.2) is 0 Å². The number of benzene rings is 2. The van der Waals surface area contributed by atoms with E-state index in [-0.39, 0.29) is 11.6 Å². The highest BCUT2D eigenvalue weighted by Gasteiger charge is 2.53. The van der Waals surface area contributed by atoms with Crippen molar-refractivity contribution < 1.29 is 9.59 Å². The van der Waals surface area contributed by atoms with Crippen molar-refractivity contribution in [1.82, 2.24) is 0 Å². The topological polar surface area (TPSA) is 34.1 Å². The summed E-state index contributed by atoms with van der Waals surface area (Å²) in [6, 6.07) is 14.8. The molecule has 2 aromatic rings. The molecule has 0 atom stereocenters. The van der Waals surface area contributed by atoms with Crippen LogP contribution in [0.25, 0.3) is 0 Å². The van der Waals surface area contributed by atoms with Crippen molar-refractivity contribution in [2.45, 2.75) is 25.7 Å². The maximum absolute atomic E-state index is 12.9. The Morgan fingerprint density at radius 2 is 1.35 bits per heavy atom. The van der Waals surface area contributed by atoms with Gasteiger partial charge in [0.1, 0.15) is 5.41 Å². The second-order valence-electron chi connectivity index (χ2n) is 5.28. The van der Waals surface area contributed by atoms with E-state index >= 15 is 0 Å². The zero-order chi connectivity index (χ0) is 14.3. The Kier molecular flexibility index (Phi) is 2.82. The fourth-order valence-corrected chi connectivity index (χ4v) is 3.25. The van der Waals surface area contributed by atoms with Gasteiger partial charge in [0.15, 0.2) is 11.6 Å². The average molecular weight is 264 g/mol. The molecule has 0 heterocycles. The van der Waals surface area contributed by atoms with E-state index in [1.807, 2.05) is 50.2 Å². The number of rotatable bonds is 2. The summed E-state index contributed by atoms with van der Waals surface area (Å²) in [6.45, 7) is 3.87. The van der Waals surface area contributed by atoms with E-state index in [0.29, 0.717) is 17.5 Å². The second-order valence-corrected chi connectivity index (χ2v) is 5.28. The Morgan fingerprint density at radius 1 is 0.850 bits per heavy atom. The van der Waals surface area contributed by atoms with Crippen LogP contribution in [0.1, 0.15) is 45.2 Å². The quantitative estimate of drug-likeness (QED) is 0.775. The summed E-state index contributed by atoms with van der Waals surface area (Å²) in [5.74, 6) is -0.121. The van der Waals surface area contributed by atoms with Crippen molar-refractivity contribution in [1.29, 1.82) is 0 Å². The lowest BCUT2D eigenvalue weighted by atomic mass is 9.72.